The Hall–Kier alpha value is -1.16. The van der Waals surface area contributed by atoms with Gasteiger partial charge in [-0.3, -0.25) is 0 Å². The van der Waals surface area contributed by atoms with Gasteiger partial charge in [0.05, 0.1) is 0 Å². The molecule has 2 N–H and O–H groups in total. The van der Waals surface area contributed by atoms with Gasteiger partial charge in [0.2, 0.25) is 5.95 Å². The standard InChI is InChI=1S/C14H22N4/c1-10-8-11(2)17-13(16-10)18-12-4-7-15-14(9-12)5-3-6-14/h8,12,15H,3-7,9H2,1-2H3,(H,16,17,18). The van der Waals surface area contributed by atoms with Crippen molar-refractivity contribution in [3.8, 4) is 0 Å². The fourth-order valence-electron chi connectivity index (χ4n) is 3.24. The van der Waals surface area contributed by atoms with Crippen LogP contribution in [-0.2, 0) is 0 Å². The highest BCUT2D eigenvalue weighted by molar-refractivity contribution is 5.30. The zero-order chi connectivity index (χ0) is 12.6. The first-order valence-electron chi connectivity index (χ1n) is 6.99. The maximum atomic E-state index is 4.48. The molecule has 2 heterocycles. The Labute approximate surface area is 109 Å². The molecule has 18 heavy (non-hydrogen) atoms. The third-order valence-electron chi connectivity index (χ3n) is 4.26. The second kappa shape index (κ2) is 4.50. The minimum Gasteiger partial charge on any atom is -0.351 e. The van der Waals surface area contributed by atoms with Crippen molar-refractivity contribution in [1.29, 1.82) is 0 Å². The largest absolute Gasteiger partial charge is 0.351 e. The van der Waals surface area contributed by atoms with E-state index >= 15 is 0 Å². The van der Waals surface area contributed by atoms with Crippen LogP contribution in [0, 0.1) is 13.8 Å². The number of hydrogen-bond acceptors (Lipinski definition) is 4. The summed E-state index contributed by atoms with van der Waals surface area (Å²) in [4.78, 5) is 8.95. The van der Waals surface area contributed by atoms with Gasteiger partial charge in [-0.05, 0) is 58.6 Å². The summed E-state index contributed by atoms with van der Waals surface area (Å²) in [6.07, 6.45) is 6.42. The van der Waals surface area contributed by atoms with Crippen molar-refractivity contribution < 1.29 is 0 Å². The normalized spacial score (nSPS) is 25.8. The van der Waals surface area contributed by atoms with Gasteiger partial charge in [-0.25, -0.2) is 9.97 Å². The fraction of sp³-hybridized carbons (Fsp3) is 0.714. The zero-order valence-corrected chi connectivity index (χ0v) is 11.3. The molecule has 0 radical (unpaired) electrons. The van der Waals surface area contributed by atoms with Crippen molar-refractivity contribution in [3.63, 3.8) is 0 Å². The number of piperidine rings is 1. The van der Waals surface area contributed by atoms with Crippen LogP contribution >= 0.6 is 0 Å². The minimum atomic E-state index is 0.425. The molecule has 0 aromatic carbocycles. The molecule has 98 valence electrons. The van der Waals surface area contributed by atoms with Crippen LogP contribution < -0.4 is 10.6 Å². The summed E-state index contributed by atoms with van der Waals surface area (Å²) in [5, 5.41) is 7.21. The number of hydrogen-bond donors (Lipinski definition) is 2. The molecule has 1 aliphatic carbocycles. The first-order valence-corrected chi connectivity index (χ1v) is 6.99. The summed E-state index contributed by atoms with van der Waals surface area (Å²) in [7, 11) is 0. The third kappa shape index (κ3) is 2.34. The van der Waals surface area contributed by atoms with Crippen molar-refractivity contribution in [3.05, 3.63) is 17.5 Å². The summed E-state index contributed by atoms with van der Waals surface area (Å²) in [6, 6.07) is 2.54. The van der Waals surface area contributed by atoms with E-state index in [2.05, 4.69) is 20.6 Å². The Morgan fingerprint density at radius 1 is 1.28 bits per heavy atom. The van der Waals surface area contributed by atoms with Crippen molar-refractivity contribution in [2.75, 3.05) is 11.9 Å². The minimum absolute atomic E-state index is 0.425. The van der Waals surface area contributed by atoms with E-state index in [1.165, 1.54) is 25.7 Å². The van der Waals surface area contributed by atoms with Crippen LogP contribution in [0.25, 0.3) is 0 Å². The van der Waals surface area contributed by atoms with E-state index in [0.717, 1.165) is 30.3 Å². The maximum absolute atomic E-state index is 4.48. The van der Waals surface area contributed by atoms with Crippen LogP contribution in [0.5, 0.6) is 0 Å². The van der Waals surface area contributed by atoms with Crippen LogP contribution in [0.1, 0.15) is 43.5 Å². The maximum Gasteiger partial charge on any atom is 0.223 e. The van der Waals surface area contributed by atoms with Crippen LogP contribution in [-0.4, -0.2) is 28.1 Å². The molecule has 1 saturated heterocycles. The molecule has 4 heteroatoms. The van der Waals surface area contributed by atoms with E-state index in [1.54, 1.807) is 0 Å². The molecule has 1 aromatic rings. The molecule has 1 aromatic heterocycles. The predicted octanol–water partition coefficient (Wildman–Crippen LogP) is 2.18. The molecule has 3 rings (SSSR count). The monoisotopic (exact) mass is 246 g/mol. The van der Waals surface area contributed by atoms with Crippen molar-refractivity contribution in [2.24, 2.45) is 0 Å². The van der Waals surface area contributed by atoms with E-state index in [1.807, 2.05) is 19.9 Å². The molecule has 1 unspecified atom stereocenters. The first kappa shape index (κ1) is 11.9. The van der Waals surface area contributed by atoms with E-state index in [4.69, 9.17) is 0 Å². The van der Waals surface area contributed by atoms with Crippen molar-refractivity contribution in [2.45, 2.75) is 57.5 Å². The van der Waals surface area contributed by atoms with Gasteiger partial charge in [-0.15, -0.1) is 0 Å². The predicted molar refractivity (Wildman–Crippen MR) is 72.7 cm³/mol. The van der Waals surface area contributed by atoms with Crippen LogP contribution in [0.15, 0.2) is 6.07 Å². The lowest BCUT2D eigenvalue weighted by molar-refractivity contribution is 0.135. The van der Waals surface area contributed by atoms with Crippen molar-refractivity contribution >= 4 is 5.95 Å². The fourth-order valence-corrected chi connectivity index (χ4v) is 3.24. The van der Waals surface area contributed by atoms with E-state index < -0.39 is 0 Å². The molecule has 1 saturated carbocycles. The van der Waals surface area contributed by atoms with Gasteiger partial charge in [0.15, 0.2) is 0 Å². The van der Waals surface area contributed by atoms with Gasteiger partial charge in [-0.1, -0.05) is 0 Å². The number of aryl methyl sites for hydroxylation is 2. The molecule has 2 fully saturated rings. The summed E-state index contributed by atoms with van der Waals surface area (Å²) >= 11 is 0. The lowest BCUT2D eigenvalue weighted by Gasteiger charge is -2.48. The molecule has 0 bridgehead atoms. The first-order chi connectivity index (χ1) is 8.65. The van der Waals surface area contributed by atoms with Gasteiger partial charge in [0.1, 0.15) is 0 Å². The topological polar surface area (TPSA) is 49.8 Å². The molecule has 2 aliphatic rings. The van der Waals surface area contributed by atoms with Gasteiger partial charge >= 0.3 is 0 Å². The highest BCUT2D eigenvalue weighted by atomic mass is 15.1. The quantitative estimate of drug-likeness (QED) is 0.840. The molecular formula is C14H22N4. The summed E-state index contributed by atoms with van der Waals surface area (Å²) < 4.78 is 0. The summed E-state index contributed by atoms with van der Waals surface area (Å²) in [5.41, 5.74) is 2.50. The van der Waals surface area contributed by atoms with Crippen LogP contribution in [0.4, 0.5) is 5.95 Å². The molecule has 1 spiro atoms. The number of nitrogens with one attached hydrogen (secondary N) is 2. The van der Waals surface area contributed by atoms with Crippen LogP contribution in [0.2, 0.25) is 0 Å². The Bertz CT molecular complexity index is 419. The molecule has 1 aliphatic heterocycles. The van der Waals surface area contributed by atoms with Crippen LogP contribution in [0.3, 0.4) is 0 Å². The Morgan fingerprint density at radius 2 is 2.00 bits per heavy atom. The van der Waals surface area contributed by atoms with E-state index in [-0.39, 0.29) is 0 Å². The van der Waals surface area contributed by atoms with Gasteiger partial charge in [0, 0.05) is 23.0 Å². The van der Waals surface area contributed by atoms with E-state index in [9.17, 15) is 0 Å². The molecular weight excluding hydrogens is 224 g/mol. The number of nitrogens with zero attached hydrogens (tertiary/aromatic N) is 2. The zero-order valence-electron chi connectivity index (χ0n) is 11.3. The molecule has 1 atom stereocenters. The Balaban J connectivity index is 1.68. The number of rotatable bonds is 2. The smallest absolute Gasteiger partial charge is 0.223 e. The number of anilines is 1. The van der Waals surface area contributed by atoms with Gasteiger partial charge < -0.3 is 10.6 Å². The Morgan fingerprint density at radius 3 is 2.61 bits per heavy atom. The summed E-state index contributed by atoms with van der Waals surface area (Å²) in [6.45, 7) is 5.16. The number of aromatic nitrogens is 2. The van der Waals surface area contributed by atoms with E-state index in [0.29, 0.717) is 11.6 Å². The highest BCUT2D eigenvalue weighted by Gasteiger charge is 2.40. The summed E-state index contributed by atoms with van der Waals surface area (Å²) in [5.74, 6) is 0.800. The Kier molecular flexibility index (Phi) is 2.98. The molecule has 4 nitrogen and oxygen atoms in total. The van der Waals surface area contributed by atoms with Crippen molar-refractivity contribution in [1.82, 2.24) is 15.3 Å². The second-order valence-corrected chi connectivity index (χ2v) is 5.87. The van der Waals surface area contributed by atoms with Gasteiger partial charge in [0.25, 0.3) is 0 Å². The van der Waals surface area contributed by atoms with Gasteiger partial charge in [-0.2, -0.15) is 0 Å². The average Bonchev–Trinajstić information content (AvgIpc) is 2.26. The highest BCUT2D eigenvalue weighted by Crippen LogP contribution is 2.38. The molecule has 0 amide bonds. The average molecular weight is 246 g/mol. The third-order valence-corrected chi connectivity index (χ3v) is 4.26. The lowest BCUT2D eigenvalue weighted by atomic mass is 9.70. The second-order valence-electron chi connectivity index (χ2n) is 5.87. The SMILES string of the molecule is Cc1cc(C)nc(NC2CCNC3(CCC3)C2)n1. The lowest BCUT2D eigenvalue weighted by Crippen LogP contribution is -2.58.